The number of ether oxygens (including phenoxy) is 4. The Bertz CT molecular complexity index is 1030. The van der Waals surface area contributed by atoms with Gasteiger partial charge in [-0.05, 0) is 30.3 Å². The third-order valence-corrected chi connectivity index (χ3v) is 6.06. The third-order valence-electron chi connectivity index (χ3n) is 5.15. The van der Waals surface area contributed by atoms with Crippen molar-refractivity contribution in [2.75, 3.05) is 39.3 Å². The molecule has 0 aromatic heterocycles. The topological polar surface area (TPSA) is 117 Å². The third kappa shape index (κ3) is 5.02. The van der Waals surface area contributed by atoms with Crippen molar-refractivity contribution in [2.45, 2.75) is 23.8 Å². The second-order valence-electron chi connectivity index (χ2n) is 7.01. The first-order valence-electron chi connectivity index (χ1n) is 9.66. The number of primary sulfonamides is 1. The second kappa shape index (κ2) is 9.44. The minimum Gasteiger partial charge on any atom is -0.493 e. The van der Waals surface area contributed by atoms with E-state index in [0.29, 0.717) is 48.9 Å². The fourth-order valence-electron chi connectivity index (χ4n) is 3.56. The van der Waals surface area contributed by atoms with Crippen molar-refractivity contribution in [3.05, 3.63) is 42.0 Å². The maximum Gasteiger partial charge on any atom is 0.340 e. The highest BCUT2D eigenvalue weighted by Crippen LogP contribution is 2.39. The normalized spacial score (nSPS) is 14.8. The molecule has 0 saturated carbocycles. The van der Waals surface area contributed by atoms with Crippen molar-refractivity contribution in [3.8, 4) is 17.2 Å². The first kappa shape index (κ1) is 22.7. The number of sulfonamides is 1. The molecule has 2 N–H and O–H groups in total. The molecule has 0 unspecified atom stereocenters. The first-order valence-corrected chi connectivity index (χ1v) is 11.2. The molecular formula is C21H26N2O7S. The molecule has 10 heteroatoms. The Hall–Kier alpha value is -2.98. The lowest BCUT2D eigenvalue weighted by Gasteiger charge is -2.35. The lowest BCUT2D eigenvalue weighted by Crippen LogP contribution is -2.39. The van der Waals surface area contributed by atoms with Crippen LogP contribution in [0.5, 0.6) is 17.2 Å². The summed E-state index contributed by atoms with van der Waals surface area (Å²) in [6.07, 6.45) is 1.28. The molecule has 1 aliphatic heterocycles. The number of carbonyl (C=O) groups excluding carboxylic acids is 1. The van der Waals surface area contributed by atoms with Crippen LogP contribution in [0.3, 0.4) is 0 Å². The number of esters is 1. The number of hydrogen-bond acceptors (Lipinski definition) is 8. The van der Waals surface area contributed by atoms with Gasteiger partial charge in [0.2, 0.25) is 15.8 Å². The van der Waals surface area contributed by atoms with Crippen molar-refractivity contribution in [2.24, 2.45) is 5.14 Å². The lowest BCUT2D eigenvalue weighted by atomic mass is 10.0. The largest absolute Gasteiger partial charge is 0.493 e. The van der Waals surface area contributed by atoms with E-state index >= 15 is 0 Å². The van der Waals surface area contributed by atoms with Crippen molar-refractivity contribution in [1.82, 2.24) is 0 Å². The number of piperidine rings is 1. The molecule has 1 heterocycles. The molecule has 0 aliphatic carbocycles. The molecule has 0 bridgehead atoms. The Morgan fingerprint density at radius 2 is 1.65 bits per heavy atom. The van der Waals surface area contributed by atoms with Gasteiger partial charge in [-0.15, -0.1) is 0 Å². The van der Waals surface area contributed by atoms with Gasteiger partial charge in [-0.25, -0.2) is 18.4 Å². The van der Waals surface area contributed by atoms with Crippen molar-refractivity contribution in [3.63, 3.8) is 0 Å². The number of nitrogens with two attached hydrogens (primary N) is 1. The molecule has 0 amide bonds. The summed E-state index contributed by atoms with van der Waals surface area (Å²) in [4.78, 5) is 14.1. The molecule has 9 nitrogen and oxygen atoms in total. The van der Waals surface area contributed by atoms with E-state index in [0.717, 1.165) is 0 Å². The molecule has 3 rings (SSSR count). The van der Waals surface area contributed by atoms with E-state index in [4.69, 9.17) is 24.1 Å². The molecule has 31 heavy (non-hydrogen) atoms. The predicted molar refractivity (Wildman–Crippen MR) is 115 cm³/mol. The summed E-state index contributed by atoms with van der Waals surface area (Å²) in [7, 11) is 0.452. The number of hydrogen-bond donors (Lipinski definition) is 1. The fourth-order valence-corrected chi connectivity index (χ4v) is 4.10. The summed E-state index contributed by atoms with van der Waals surface area (Å²) in [6.45, 7) is 1.20. The van der Waals surface area contributed by atoms with E-state index < -0.39 is 16.0 Å². The lowest BCUT2D eigenvalue weighted by molar-refractivity contribution is 0.0601. The molecule has 1 saturated heterocycles. The SMILES string of the molecule is COC(=O)c1cc(S(N)(=O)=O)ccc1N1CCC(Oc2c(OC)cccc2OC)CC1. The Morgan fingerprint density at radius 3 is 2.16 bits per heavy atom. The minimum absolute atomic E-state index is 0.0771. The summed E-state index contributed by atoms with van der Waals surface area (Å²) in [5.41, 5.74) is 0.743. The van der Waals surface area contributed by atoms with Crippen LogP contribution in [0.4, 0.5) is 5.69 Å². The predicted octanol–water partition coefficient (Wildman–Crippen LogP) is 2.19. The number of methoxy groups -OCH3 is 3. The monoisotopic (exact) mass is 450 g/mol. The number of para-hydroxylation sites is 1. The van der Waals surface area contributed by atoms with Gasteiger partial charge in [0.15, 0.2) is 11.5 Å². The molecule has 0 spiro atoms. The van der Waals surface area contributed by atoms with Crippen LogP contribution in [-0.4, -0.2) is 54.9 Å². The number of rotatable bonds is 7. The van der Waals surface area contributed by atoms with E-state index in [1.54, 1.807) is 20.3 Å². The van der Waals surface area contributed by atoms with Crippen LogP contribution in [0.15, 0.2) is 41.3 Å². The number of benzene rings is 2. The first-order chi connectivity index (χ1) is 14.8. The summed E-state index contributed by atoms with van der Waals surface area (Å²) in [5.74, 6) is 1.11. The highest BCUT2D eigenvalue weighted by molar-refractivity contribution is 7.89. The van der Waals surface area contributed by atoms with Gasteiger partial charge in [0.25, 0.3) is 0 Å². The van der Waals surface area contributed by atoms with E-state index in [1.165, 1.54) is 19.2 Å². The Balaban J connectivity index is 1.78. The molecule has 2 aromatic rings. The zero-order valence-electron chi connectivity index (χ0n) is 17.7. The minimum atomic E-state index is -3.94. The average molecular weight is 451 g/mol. The van der Waals surface area contributed by atoms with Gasteiger partial charge in [-0.2, -0.15) is 0 Å². The van der Waals surface area contributed by atoms with Gasteiger partial charge in [0.1, 0.15) is 6.10 Å². The smallest absolute Gasteiger partial charge is 0.340 e. The van der Waals surface area contributed by atoms with E-state index in [1.807, 2.05) is 23.1 Å². The molecular weight excluding hydrogens is 424 g/mol. The zero-order chi connectivity index (χ0) is 22.6. The maximum atomic E-state index is 12.3. The Morgan fingerprint density at radius 1 is 1.03 bits per heavy atom. The molecule has 1 fully saturated rings. The van der Waals surface area contributed by atoms with Crippen molar-refractivity contribution >= 4 is 21.7 Å². The Kier molecular flexibility index (Phi) is 6.91. The van der Waals surface area contributed by atoms with Gasteiger partial charge in [0, 0.05) is 25.9 Å². The molecule has 0 atom stereocenters. The van der Waals surface area contributed by atoms with E-state index in [9.17, 15) is 13.2 Å². The second-order valence-corrected chi connectivity index (χ2v) is 8.57. The number of nitrogens with zero attached hydrogens (tertiary/aromatic N) is 1. The molecule has 0 radical (unpaired) electrons. The van der Waals surface area contributed by atoms with Crippen molar-refractivity contribution in [1.29, 1.82) is 0 Å². The van der Waals surface area contributed by atoms with Gasteiger partial charge in [0.05, 0.1) is 37.5 Å². The fraction of sp³-hybridized carbons (Fsp3) is 0.381. The van der Waals surface area contributed by atoms with Gasteiger partial charge < -0.3 is 23.8 Å². The van der Waals surface area contributed by atoms with Crippen LogP contribution >= 0.6 is 0 Å². The number of carbonyl (C=O) groups is 1. The van der Waals surface area contributed by atoms with Gasteiger partial charge in [-0.1, -0.05) is 6.07 Å². The summed E-state index contributed by atoms with van der Waals surface area (Å²) >= 11 is 0. The Labute approximate surface area is 181 Å². The van der Waals surface area contributed by atoms with Gasteiger partial charge >= 0.3 is 5.97 Å². The van der Waals surface area contributed by atoms with Crippen LogP contribution in [0.25, 0.3) is 0 Å². The van der Waals surface area contributed by atoms with Crippen LogP contribution < -0.4 is 24.2 Å². The average Bonchev–Trinajstić information content (AvgIpc) is 2.78. The van der Waals surface area contributed by atoms with Crippen LogP contribution in [0, 0.1) is 0 Å². The summed E-state index contributed by atoms with van der Waals surface area (Å²) in [5, 5.41) is 5.20. The number of anilines is 1. The summed E-state index contributed by atoms with van der Waals surface area (Å²) in [6, 6.07) is 9.66. The molecule has 1 aliphatic rings. The van der Waals surface area contributed by atoms with Gasteiger partial charge in [-0.3, -0.25) is 0 Å². The maximum absolute atomic E-state index is 12.3. The standard InChI is InChI=1S/C21H26N2O7S/c1-27-18-5-4-6-19(28-2)20(18)30-14-9-11-23(12-10-14)17-8-7-15(31(22,25)26)13-16(17)21(24)29-3/h4-8,13-14H,9-12H2,1-3H3,(H2,22,25,26). The van der Waals surface area contributed by atoms with Crippen LogP contribution in [0.2, 0.25) is 0 Å². The van der Waals surface area contributed by atoms with E-state index in [2.05, 4.69) is 0 Å². The highest BCUT2D eigenvalue weighted by Gasteiger charge is 2.27. The van der Waals surface area contributed by atoms with Crippen LogP contribution in [-0.2, 0) is 14.8 Å². The highest BCUT2D eigenvalue weighted by atomic mass is 32.2. The summed E-state index contributed by atoms with van der Waals surface area (Å²) < 4.78 is 45.1. The van der Waals surface area contributed by atoms with Crippen LogP contribution in [0.1, 0.15) is 23.2 Å². The molecule has 2 aromatic carbocycles. The quantitative estimate of drug-likeness (QED) is 0.638. The van der Waals surface area contributed by atoms with Crippen molar-refractivity contribution < 1.29 is 32.2 Å². The zero-order valence-corrected chi connectivity index (χ0v) is 18.5. The molecule has 168 valence electrons. The van der Waals surface area contributed by atoms with E-state index in [-0.39, 0.29) is 16.6 Å².